The number of sulfonamides is 1. The second-order valence-corrected chi connectivity index (χ2v) is 8.05. The van der Waals surface area contributed by atoms with Crippen molar-refractivity contribution in [3.63, 3.8) is 0 Å². The van der Waals surface area contributed by atoms with Gasteiger partial charge >= 0.3 is 0 Å². The molecule has 0 N–H and O–H groups in total. The maximum Gasteiger partial charge on any atom is 0.267 e. The number of halogens is 2. The molecule has 0 aromatic heterocycles. The van der Waals surface area contributed by atoms with Crippen molar-refractivity contribution in [2.24, 2.45) is 0 Å². The van der Waals surface area contributed by atoms with Crippen LogP contribution in [0.3, 0.4) is 0 Å². The van der Waals surface area contributed by atoms with Gasteiger partial charge in [-0.25, -0.2) is 17.2 Å². The van der Waals surface area contributed by atoms with E-state index in [1.165, 1.54) is 36.4 Å². The zero-order valence-corrected chi connectivity index (χ0v) is 15.7. The number of benzene rings is 3. The first-order valence-electron chi connectivity index (χ1n) is 8.42. The molecule has 0 fully saturated rings. The predicted octanol–water partition coefficient (Wildman–Crippen LogP) is 5.23. The normalized spacial score (nSPS) is 12.6. The van der Waals surface area contributed by atoms with Gasteiger partial charge in [0.2, 0.25) is 0 Å². The summed E-state index contributed by atoms with van der Waals surface area (Å²) in [6.45, 7) is 3.41. The molecular weight excluding hydrogens is 368 g/mol. The van der Waals surface area contributed by atoms with Crippen LogP contribution in [-0.2, 0) is 10.0 Å². The Hall–Kier alpha value is -2.73. The summed E-state index contributed by atoms with van der Waals surface area (Å²) in [5.74, 6) is -1.37. The number of hydrogen-bond acceptors (Lipinski definition) is 2. The molecule has 0 radical (unpaired) electrons. The van der Waals surface area contributed by atoms with Gasteiger partial charge in [-0.2, -0.15) is 0 Å². The maximum atomic E-state index is 14.4. The Balaban J connectivity index is 2.22. The Morgan fingerprint density at radius 1 is 0.852 bits per heavy atom. The molecule has 140 valence electrons. The molecule has 1 atom stereocenters. The number of anilines is 1. The Bertz CT molecular complexity index is 1070. The van der Waals surface area contributed by atoms with Crippen molar-refractivity contribution in [2.45, 2.75) is 24.8 Å². The van der Waals surface area contributed by atoms with Crippen LogP contribution in [0.5, 0.6) is 0 Å². The van der Waals surface area contributed by atoms with Gasteiger partial charge in [0.05, 0.1) is 11.7 Å². The Kier molecular flexibility index (Phi) is 5.28. The van der Waals surface area contributed by atoms with Gasteiger partial charge in [0.1, 0.15) is 16.5 Å². The molecular formula is C21H19F2NO2S. The molecule has 3 aromatic carbocycles. The smallest absolute Gasteiger partial charge is 0.259 e. The van der Waals surface area contributed by atoms with Crippen molar-refractivity contribution in [1.29, 1.82) is 0 Å². The fraction of sp³-hybridized carbons (Fsp3) is 0.143. The molecule has 0 bridgehead atoms. The van der Waals surface area contributed by atoms with Crippen molar-refractivity contribution >= 4 is 15.7 Å². The van der Waals surface area contributed by atoms with Crippen LogP contribution in [0.15, 0.2) is 77.7 Å². The lowest BCUT2D eigenvalue weighted by Gasteiger charge is -2.31. The van der Waals surface area contributed by atoms with Crippen molar-refractivity contribution in [3.8, 4) is 0 Å². The fourth-order valence-electron chi connectivity index (χ4n) is 3.04. The van der Waals surface area contributed by atoms with Crippen LogP contribution in [0, 0.1) is 18.6 Å². The molecule has 0 heterocycles. The molecule has 0 aliphatic heterocycles. The maximum absolute atomic E-state index is 14.4. The van der Waals surface area contributed by atoms with Gasteiger partial charge in [-0.15, -0.1) is 0 Å². The van der Waals surface area contributed by atoms with Crippen molar-refractivity contribution in [3.05, 3.63) is 95.6 Å². The second-order valence-electron chi connectivity index (χ2n) is 6.27. The van der Waals surface area contributed by atoms with E-state index in [0.29, 0.717) is 5.69 Å². The molecule has 0 spiro atoms. The van der Waals surface area contributed by atoms with E-state index in [-0.39, 0.29) is 5.56 Å². The first-order valence-corrected chi connectivity index (χ1v) is 9.86. The molecule has 3 rings (SSSR count). The Morgan fingerprint density at radius 2 is 1.48 bits per heavy atom. The summed E-state index contributed by atoms with van der Waals surface area (Å²) in [7, 11) is -4.27. The third-order valence-corrected chi connectivity index (χ3v) is 6.27. The summed E-state index contributed by atoms with van der Waals surface area (Å²) in [6.07, 6.45) is 0. The molecule has 0 saturated heterocycles. The third-order valence-electron chi connectivity index (χ3n) is 4.34. The average Bonchev–Trinajstić information content (AvgIpc) is 2.62. The third kappa shape index (κ3) is 3.71. The standard InChI is InChI=1S/C21H19F2NO2S/c1-15-8-7-9-17(14-15)24(16(2)18-10-3-4-11-19(18)22)27(25,26)21-13-6-5-12-20(21)23/h3-14,16H,1-2H3/t16-/m0/s1. The van der Waals surface area contributed by atoms with E-state index < -0.39 is 32.6 Å². The van der Waals surface area contributed by atoms with Crippen molar-refractivity contribution in [1.82, 2.24) is 0 Å². The van der Waals surface area contributed by atoms with Crippen molar-refractivity contribution < 1.29 is 17.2 Å². The zero-order chi connectivity index (χ0) is 19.6. The van der Waals surface area contributed by atoms with Gasteiger partial charge in [0.25, 0.3) is 10.0 Å². The van der Waals surface area contributed by atoms with Gasteiger partial charge in [-0.3, -0.25) is 4.31 Å². The lowest BCUT2D eigenvalue weighted by molar-refractivity contribution is 0.553. The number of rotatable bonds is 5. The Morgan fingerprint density at radius 3 is 2.11 bits per heavy atom. The predicted molar refractivity (Wildman–Crippen MR) is 102 cm³/mol. The van der Waals surface area contributed by atoms with E-state index in [1.807, 2.05) is 13.0 Å². The number of nitrogens with zero attached hydrogens (tertiary/aromatic N) is 1. The van der Waals surface area contributed by atoms with Gasteiger partial charge in [0.15, 0.2) is 0 Å². The number of hydrogen-bond donors (Lipinski definition) is 0. The Labute approximate surface area is 157 Å². The summed E-state index contributed by atoms with van der Waals surface area (Å²) >= 11 is 0. The first kappa shape index (κ1) is 19.0. The van der Waals surface area contributed by atoms with E-state index in [0.717, 1.165) is 15.9 Å². The summed E-state index contributed by atoms with van der Waals surface area (Å²) < 4.78 is 56.5. The van der Waals surface area contributed by atoms with Crippen molar-refractivity contribution in [2.75, 3.05) is 4.31 Å². The van der Waals surface area contributed by atoms with E-state index >= 15 is 0 Å². The quantitative estimate of drug-likeness (QED) is 0.601. The van der Waals surface area contributed by atoms with Crippen LogP contribution in [-0.4, -0.2) is 8.42 Å². The van der Waals surface area contributed by atoms with E-state index in [9.17, 15) is 17.2 Å². The minimum atomic E-state index is -4.27. The highest BCUT2D eigenvalue weighted by Crippen LogP contribution is 2.35. The monoisotopic (exact) mass is 387 g/mol. The molecule has 0 aliphatic rings. The lowest BCUT2D eigenvalue weighted by Crippen LogP contribution is -2.34. The van der Waals surface area contributed by atoms with E-state index in [4.69, 9.17) is 0 Å². The molecule has 3 nitrogen and oxygen atoms in total. The largest absolute Gasteiger partial charge is 0.267 e. The fourth-order valence-corrected chi connectivity index (χ4v) is 4.73. The molecule has 27 heavy (non-hydrogen) atoms. The SMILES string of the molecule is Cc1cccc(N([C@@H](C)c2ccccc2F)S(=O)(=O)c2ccccc2F)c1. The topological polar surface area (TPSA) is 37.4 Å². The first-order chi connectivity index (χ1) is 12.8. The second kappa shape index (κ2) is 7.48. The highest BCUT2D eigenvalue weighted by molar-refractivity contribution is 7.92. The molecule has 0 amide bonds. The summed E-state index contributed by atoms with van der Waals surface area (Å²) in [6, 6.07) is 17.1. The molecule has 3 aromatic rings. The molecule has 0 aliphatic carbocycles. The van der Waals surface area contributed by atoms with Crippen LogP contribution in [0.4, 0.5) is 14.5 Å². The van der Waals surface area contributed by atoms with Gasteiger partial charge in [0, 0.05) is 5.56 Å². The van der Waals surface area contributed by atoms with Gasteiger partial charge in [-0.05, 0) is 49.7 Å². The van der Waals surface area contributed by atoms with Crippen LogP contribution in [0.25, 0.3) is 0 Å². The van der Waals surface area contributed by atoms with Gasteiger partial charge in [-0.1, -0.05) is 42.5 Å². The zero-order valence-electron chi connectivity index (χ0n) is 14.9. The van der Waals surface area contributed by atoms with Crippen LogP contribution in [0.2, 0.25) is 0 Å². The highest BCUT2D eigenvalue weighted by Gasteiger charge is 2.33. The summed E-state index contributed by atoms with van der Waals surface area (Å²) in [5, 5.41) is 0. The average molecular weight is 387 g/mol. The van der Waals surface area contributed by atoms with E-state index in [1.54, 1.807) is 31.2 Å². The van der Waals surface area contributed by atoms with Crippen LogP contribution < -0.4 is 4.31 Å². The van der Waals surface area contributed by atoms with Crippen LogP contribution in [0.1, 0.15) is 24.1 Å². The minimum Gasteiger partial charge on any atom is -0.259 e. The summed E-state index contributed by atoms with van der Waals surface area (Å²) in [4.78, 5) is -0.449. The highest BCUT2D eigenvalue weighted by atomic mass is 32.2. The summed E-state index contributed by atoms with van der Waals surface area (Å²) in [5.41, 5.74) is 1.38. The van der Waals surface area contributed by atoms with Crippen LogP contribution >= 0.6 is 0 Å². The lowest BCUT2D eigenvalue weighted by atomic mass is 10.1. The number of aryl methyl sites for hydroxylation is 1. The minimum absolute atomic E-state index is 0.207. The van der Waals surface area contributed by atoms with Gasteiger partial charge < -0.3 is 0 Å². The molecule has 0 unspecified atom stereocenters. The molecule has 6 heteroatoms. The molecule has 0 saturated carbocycles. The van der Waals surface area contributed by atoms with E-state index in [2.05, 4.69) is 0 Å².